The van der Waals surface area contributed by atoms with E-state index in [-0.39, 0.29) is 0 Å². The number of piperidine rings is 1. The Morgan fingerprint density at radius 1 is 1.17 bits per heavy atom. The van der Waals surface area contributed by atoms with E-state index >= 15 is 0 Å². The first kappa shape index (κ1) is 15.4. The third-order valence-electron chi connectivity index (χ3n) is 4.45. The SMILES string of the molecule is COc1ccc(-c2csc3ncnc(NC4CCNCC4)c23)cc1. The van der Waals surface area contributed by atoms with Gasteiger partial charge < -0.3 is 15.4 Å². The molecular formula is C18H20N4OS. The first-order valence-corrected chi connectivity index (χ1v) is 9.07. The molecule has 0 spiro atoms. The van der Waals surface area contributed by atoms with Crippen LogP contribution >= 0.6 is 11.3 Å². The lowest BCUT2D eigenvalue weighted by Crippen LogP contribution is -2.35. The number of nitrogens with zero attached hydrogens (tertiary/aromatic N) is 2. The van der Waals surface area contributed by atoms with Gasteiger partial charge in [0, 0.05) is 17.0 Å². The van der Waals surface area contributed by atoms with Crippen molar-refractivity contribution in [1.82, 2.24) is 15.3 Å². The Labute approximate surface area is 145 Å². The lowest BCUT2D eigenvalue weighted by Gasteiger charge is -2.24. The van der Waals surface area contributed by atoms with Gasteiger partial charge in [0.15, 0.2) is 0 Å². The molecule has 0 amide bonds. The van der Waals surface area contributed by atoms with E-state index in [9.17, 15) is 0 Å². The number of aromatic nitrogens is 2. The van der Waals surface area contributed by atoms with Crippen LogP contribution in [0.5, 0.6) is 5.75 Å². The topological polar surface area (TPSA) is 59.1 Å². The van der Waals surface area contributed by atoms with Crippen molar-refractivity contribution in [3.05, 3.63) is 36.0 Å². The molecule has 1 aromatic carbocycles. The molecule has 4 rings (SSSR count). The summed E-state index contributed by atoms with van der Waals surface area (Å²) < 4.78 is 5.26. The molecule has 0 bridgehead atoms. The van der Waals surface area contributed by atoms with Crippen molar-refractivity contribution in [2.45, 2.75) is 18.9 Å². The van der Waals surface area contributed by atoms with Crippen LogP contribution in [-0.4, -0.2) is 36.2 Å². The highest BCUT2D eigenvalue weighted by atomic mass is 32.1. The molecule has 0 atom stereocenters. The van der Waals surface area contributed by atoms with Gasteiger partial charge in [-0.1, -0.05) is 12.1 Å². The molecule has 3 heterocycles. The molecule has 2 N–H and O–H groups in total. The van der Waals surface area contributed by atoms with E-state index < -0.39 is 0 Å². The zero-order valence-corrected chi connectivity index (χ0v) is 14.4. The van der Waals surface area contributed by atoms with E-state index in [1.165, 1.54) is 5.56 Å². The highest BCUT2D eigenvalue weighted by Gasteiger charge is 2.18. The summed E-state index contributed by atoms with van der Waals surface area (Å²) in [4.78, 5) is 10.00. The first-order chi connectivity index (χ1) is 11.8. The molecule has 0 aliphatic carbocycles. The van der Waals surface area contributed by atoms with Crippen LogP contribution in [0.1, 0.15) is 12.8 Å². The third-order valence-corrected chi connectivity index (χ3v) is 5.34. The predicted molar refractivity (Wildman–Crippen MR) is 98.9 cm³/mol. The maximum atomic E-state index is 5.26. The Hall–Kier alpha value is -2.18. The molecule has 1 aliphatic heterocycles. The van der Waals surface area contributed by atoms with Crippen molar-refractivity contribution in [1.29, 1.82) is 0 Å². The minimum Gasteiger partial charge on any atom is -0.497 e. The van der Waals surface area contributed by atoms with Gasteiger partial charge in [-0.3, -0.25) is 0 Å². The fourth-order valence-corrected chi connectivity index (χ4v) is 4.04. The lowest BCUT2D eigenvalue weighted by atomic mass is 10.0. The minimum atomic E-state index is 0.466. The van der Waals surface area contributed by atoms with Crippen LogP contribution in [0.4, 0.5) is 5.82 Å². The molecule has 1 aliphatic rings. The number of anilines is 1. The minimum absolute atomic E-state index is 0.466. The Balaban J connectivity index is 1.73. The van der Waals surface area contributed by atoms with Crippen molar-refractivity contribution in [3.8, 4) is 16.9 Å². The van der Waals surface area contributed by atoms with Gasteiger partial charge in [0.1, 0.15) is 22.7 Å². The average Bonchev–Trinajstić information content (AvgIpc) is 3.08. The van der Waals surface area contributed by atoms with Crippen LogP contribution in [0.15, 0.2) is 36.0 Å². The molecule has 3 aromatic rings. The molecule has 1 saturated heterocycles. The Morgan fingerprint density at radius 2 is 1.96 bits per heavy atom. The van der Waals surface area contributed by atoms with Gasteiger partial charge in [0.25, 0.3) is 0 Å². The summed E-state index contributed by atoms with van der Waals surface area (Å²) in [5, 5.41) is 10.3. The molecule has 5 nitrogen and oxygen atoms in total. The summed E-state index contributed by atoms with van der Waals surface area (Å²) in [6.45, 7) is 2.11. The van der Waals surface area contributed by atoms with Crippen molar-refractivity contribution < 1.29 is 4.74 Å². The summed E-state index contributed by atoms with van der Waals surface area (Å²) in [7, 11) is 1.68. The second kappa shape index (κ2) is 6.75. The molecule has 0 radical (unpaired) electrons. The maximum absolute atomic E-state index is 5.26. The van der Waals surface area contributed by atoms with Crippen LogP contribution in [0.2, 0.25) is 0 Å². The number of thiophene rings is 1. The quantitative estimate of drug-likeness (QED) is 0.761. The molecule has 0 unspecified atom stereocenters. The van der Waals surface area contributed by atoms with Crippen LogP contribution in [-0.2, 0) is 0 Å². The monoisotopic (exact) mass is 340 g/mol. The van der Waals surface area contributed by atoms with Gasteiger partial charge in [0.2, 0.25) is 0 Å². The lowest BCUT2D eigenvalue weighted by molar-refractivity contribution is 0.415. The molecular weight excluding hydrogens is 320 g/mol. The smallest absolute Gasteiger partial charge is 0.139 e. The number of hydrogen-bond donors (Lipinski definition) is 2. The van der Waals surface area contributed by atoms with Gasteiger partial charge in [-0.25, -0.2) is 9.97 Å². The summed E-state index contributed by atoms with van der Waals surface area (Å²) in [5.74, 6) is 1.81. The number of nitrogens with one attached hydrogen (secondary N) is 2. The second-order valence-electron chi connectivity index (χ2n) is 5.95. The van der Waals surface area contributed by atoms with Crippen LogP contribution in [0.25, 0.3) is 21.3 Å². The first-order valence-electron chi connectivity index (χ1n) is 8.19. The zero-order chi connectivity index (χ0) is 16.4. The largest absolute Gasteiger partial charge is 0.497 e. The van der Waals surface area contributed by atoms with E-state index in [1.54, 1.807) is 24.8 Å². The summed E-state index contributed by atoms with van der Waals surface area (Å²) in [6, 6.07) is 8.61. The van der Waals surface area contributed by atoms with Crippen molar-refractivity contribution in [3.63, 3.8) is 0 Å². The Morgan fingerprint density at radius 3 is 2.71 bits per heavy atom. The molecule has 0 saturated carbocycles. The van der Waals surface area contributed by atoms with Gasteiger partial charge in [0.05, 0.1) is 12.5 Å². The summed E-state index contributed by atoms with van der Waals surface area (Å²) >= 11 is 1.66. The van der Waals surface area contributed by atoms with Gasteiger partial charge in [-0.2, -0.15) is 0 Å². The van der Waals surface area contributed by atoms with Gasteiger partial charge in [-0.05, 0) is 43.6 Å². The van der Waals surface area contributed by atoms with Crippen LogP contribution in [0.3, 0.4) is 0 Å². The Kier molecular flexibility index (Phi) is 4.32. The van der Waals surface area contributed by atoms with E-state index in [4.69, 9.17) is 4.74 Å². The highest BCUT2D eigenvalue weighted by Crippen LogP contribution is 2.37. The number of hydrogen-bond acceptors (Lipinski definition) is 6. The van der Waals surface area contributed by atoms with Crippen LogP contribution < -0.4 is 15.4 Å². The number of benzene rings is 1. The fraction of sp³-hybridized carbons (Fsp3) is 0.333. The predicted octanol–water partition coefficient (Wildman–Crippen LogP) is 3.53. The number of fused-ring (bicyclic) bond motifs is 1. The summed E-state index contributed by atoms with van der Waals surface area (Å²) in [5.41, 5.74) is 2.33. The van der Waals surface area contributed by atoms with Crippen molar-refractivity contribution >= 4 is 27.4 Å². The molecule has 1 fully saturated rings. The number of rotatable bonds is 4. The molecule has 24 heavy (non-hydrogen) atoms. The third kappa shape index (κ3) is 2.95. The van der Waals surface area contributed by atoms with Crippen LogP contribution in [0, 0.1) is 0 Å². The normalized spacial score (nSPS) is 15.5. The Bertz CT molecular complexity index is 825. The average molecular weight is 340 g/mol. The molecule has 6 heteroatoms. The van der Waals surface area contributed by atoms with Gasteiger partial charge in [-0.15, -0.1) is 11.3 Å². The van der Waals surface area contributed by atoms with E-state index in [0.29, 0.717) is 6.04 Å². The standard InChI is InChI=1S/C18H20N4OS/c1-23-14-4-2-12(3-5-14)15-10-24-18-16(15)17(20-11-21-18)22-13-6-8-19-9-7-13/h2-5,10-11,13,19H,6-9H2,1H3,(H,20,21,22). The molecule has 124 valence electrons. The second-order valence-corrected chi connectivity index (χ2v) is 6.81. The maximum Gasteiger partial charge on any atom is 0.139 e. The molecule has 2 aromatic heterocycles. The summed E-state index contributed by atoms with van der Waals surface area (Å²) in [6.07, 6.45) is 3.89. The van der Waals surface area contributed by atoms with E-state index in [2.05, 4.69) is 38.1 Å². The zero-order valence-electron chi connectivity index (χ0n) is 13.6. The van der Waals surface area contributed by atoms with Crippen molar-refractivity contribution in [2.75, 3.05) is 25.5 Å². The fourth-order valence-electron chi connectivity index (χ4n) is 3.13. The van der Waals surface area contributed by atoms with E-state index in [0.717, 1.165) is 53.3 Å². The number of methoxy groups -OCH3 is 1. The van der Waals surface area contributed by atoms with E-state index in [1.807, 2.05) is 12.1 Å². The number of ether oxygens (including phenoxy) is 1. The van der Waals surface area contributed by atoms with Gasteiger partial charge >= 0.3 is 0 Å². The van der Waals surface area contributed by atoms with Crippen molar-refractivity contribution in [2.24, 2.45) is 0 Å². The highest BCUT2D eigenvalue weighted by molar-refractivity contribution is 7.17.